The van der Waals surface area contributed by atoms with Gasteiger partial charge in [-0.25, -0.2) is 17.6 Å². The first-order chi connectivity index (χ1) is 10.4. The van der Waals surface area contributed by atoms with Crippen molar-refractivity contribution in [3.63, 3.8) is 0 Å². The molecule has 3 rings (SSSR count). The highest BCUT2D eigenvalue weighted by atomic mass is 32.2. The molecule has 2 aliphatic rings. The number of aromatic carboxylic acids is 1. The molecule has 120 valence electrons. The highest BCUT2D eigenvalue weighted by molar-refractivity contribution is 7.89. The van der Waals surface area contributed by atoms with Gasteiger partial charge in [0.25, 0.3) is 0 Å². The van der Waals surface area contributed by atoms with E-state index in [9.17, 15) is 22.7 Å². The van der Waals surface area contributed by atoms with Crippen LogP contribution in [0.2, 0.25) is 0 Å². The predicted molar refractivity (Wildman–Crippen MR) is 78.3 cm³/mol. The van der Waals surface area contributed by atoms with E-state index in [0.717, 1.165) is 22.7 Å². The number of alkyl halides is 1. The highest BCUT2D eigenvalue weighted by Crippen LogP contribution is 2.32. The summed E-state index contributed by atoms with van der Waals surface area (Å²) in [5.41, 5.74) is 1.48. The van der Waals surface area contributed by atoms with Crippen LogP contribution in [0.1, 0.15) is 40.7 Å². The third-order valence-electron chi connectivity index (χ3n) is 4.38. The molecule has 0 radical (unpaired) electrons. The summed E-state index contributed by atoms with van der Waals surface area (Å²) in [6, 6.07) is 2.80. The van der Waals surface area contributed by atoms with Crippen molar-refractivity contribution in [3.8, 4) is 0 Å². The van der Waals surface area contributed by atoms with E-state index in [1.54, 1.807) is 6.07 Å². The molecule has 1 aromatic carbocycles. The van der Waals surface area contributed by atoms with Crippen molar-refractivity contribution in [1.82, 2.24) is 4.31 Å². The maximum atomic E-state index is 13.4. The number of hydrogen-bond acceptors (Lipinski definition) is 3. The second-order valence-electron chi connectivity index (χ2n) is 5.87. The number of fused-ring (bicyclic) bond motifs is 1. The molecular formula is C15H18FNO4S. The number of nitrogens with zero attached hydrogens (tertiary/aromatic N) is 1. The Hall–Kier alpha value is -1.47. The molecule has 5 nitrogen and oxygen atoms in total. The minimum atomic E-state index is -3.84. The van der Waals surface area contributed by atoms with Crippen LogP contribution in [0.25, 0.3) is 0 Å². The Kier molecular flexibility index (Phi) is 3.94. The number of sulfonamides is 1. The van der Waals surface area contributed by atoms with Crippen LogP contribution >= 0.6 is 0 Å². The molecule has 0 aromatic heterocycles. The molecular weight excluding hydrogens is 309 g/mol. The van der Waals surface area contributed by atoms with Gasteiger partial charge in [-0.15, -0.1) is 0 Å². The fourth-order valence-corrected chi connectivity index (χ4v) is 5.03. The molecule has 0 saturated carbocycles. The van der Waals surface area contributed by atoms with Crippen molar-refractivity contribution < 1.29 is 22.7 Å². The van der Waals surface area contributed by atoms with E-state index < -0.39 is 22.2 Å². The van der Waals surface area contributed by atoms with E-state index in [1.807, 2.05) is 0 Å². The lowest BCUT2D eigenvalue weighted by Crippen LogP contribution is -2.30. The van der Waals surface area contributed by atoms with Crippen LogP contribution in [0.3, 0.4) is 0 Å². The van der Waals surface area contributed by atoms with Gasteiger partial charge in [0.2, 0.25) is 10.0 Å². The maximum Gasteiger partial charge on any atom is 0.335 e. The second-order valence-corrected chi connectivity index (χ2v) is 7.78. The normalized spacial score (nSPS) is 22.5. The zero-order valence-electron chi connectivity index (χ0n) is 12.1. The summed E-state index contributed by atoms with van der Waals surface area (Å²) < 4.78 is 40.1. The van der Waals surface area contributed by atoms with Crippen molar-refractivity contribution in [2.75, 3.05) is 13.1 Å². The number of hydrogen-bond donors (Lipinski definition) is 1. The van der Waals surface area contributed by atoms with Gasteiger partial charge in [-0.05, 0) is 55.4 Å². The van der Waals surface area contributed by atoms with Crippen LogP contribution in [-0.4, -0.2) is 43.1 Å². The van der Waals surface area contributed by atoms with Crippen LogP contribution in [0.4, 0.5) is 4.39 Å². The van der Waals surface area contributed by atoms with E-state index in [-0.39, 0.29) is 30.0 Å². The third-order valence-corrected chi connectivity index (χ3v) is 6.31. The number of carboxylic acids is 1. The average Bonchev–Trinajstić information content (AvgIpc) is 2.93. The summed E-state index contributed by atoms with van der Waals surface area (Å²) in [6.45, 7) is 0.00395. The molecule has 22 heavy (non-hydrogen) atoms. The van der Waals surface area contributed by atoms with Crippen LogP contribution in [0.5, 0.6) is 0 Å². The van der Waals surface area contributed by atoms with Gasteiger partial charge in [0.1, 0.15) is 6.17 Å². The largest absolute Gasteiger partial charge is 0.478 e. The molecule has 1 saturated heterocycles. The van der Waals surface area contributed by atoms with E-state index in [4.69, 9.17) is 0 Å². The van der Waals surface area contributed by atoms with Crippen LogP contribution in [0, 0.1) is 0 Å². The van der Waals surface area contributed by atoms with E-state index in [1.165, 1.54) is 6.07 Å². The molecule has 1 aliphatic heterocycles. The molecule has 1 fully saturated rings. The zero-order chi connectivity index (χ0) is 15.9. The maximum absolute atomic E-state index is 13.4. The molecule has 1 atom stereocenters. The Morgan fingerprint density at radius 3 is 2.64 bits per heavy atom. The van der Waals surface area contributed by atoms with Gasteiger partial charge < -0.3 is 5.11 Å². The first kappa shape index (κ1) is 15.4. The second kappa shape index (κ2) is 5.62. The Morgan fingerprint density at radius 2 is 2.00 bits per heavy atom. The molecule has 0 amide bonds. The monoisotopic (exact) mass is 327 g/mol. The lowest BCUT2D eigenvalue weighted by atomic mass is 9.90. The molecule has 1 aliphatic carbocycles. The van der Waals surface area contributed by atoms with Crippen molar-refractivity contribution >= 4 is 16.0 Å². The van der Waals surface area contributed by atoms with Gasteiger partial charge in [-0.3, -0.25) is 0 Å². The Labute approximate surface area is 128 Å². The summed E-state index contributed by atoms with van der Waals surface area (Å²) in [5.74, 6) is -1.14. The quantitative estimate of drug-likeness (QED) is 0.921. The summed E-state index contributed by atoms with van der Waals surface area (Å²) in [4.78, 5) is 11.3. The van der Waals surface area contributed by atoms with Gasteiger partial charge in [-0.1, -0.05) is 0 Å². The molecule has 0 spiro atoms. The standard InChI is InChI=1S/C15H18FNO4S/c16-12-5-6-17(9-12)22(20,21)14-8-11(15(18)19)7-10-3-1-2-4-13(10)14/h7-8,12H,1-6,9H2,(H,18,19)/t12-/m1/s1. The van der Waals surface area contributed by atoms with E-state index >= 15 is 0 Å². The number of aryl methyl sites for hydroxylation is 1. The number of halogens is 1. The van der Waals surface area contributed by atoms with Crippen LogP contribution < -0.4 is 0 Å². The Balaban J connectivity index is 2.12. The fraction of sp³-hybridized carbons (Fsp3) is 0.533. The SMILES string of the molecule is O=C(O)c1cc2c(c(S(=O)(=O)N3CC[C@@H](F)C3)c1)CCCC2. The first-order valence-corrected chi connectivity index (χ1v) is 8.87. The molecule has 1 aromatic rings. The number of carbonyl (C=O) groups is 1. The molecule has 1 N–H and O–H groups in total. The number of rotatable bonds is 3. The minimum absolute atomic E-state index is 0.0183. The van der Waals surface area contributed by atoms with Crippen molar-refractivity contribution in [3.05, 3.63) is 28.8 Å². The van der Waals surface area contributed by atoms with Crippen molar-refractivity contribution in [2.24, 2.45) is 0 Å². The smallest absolute Gasteiger partial charge is 0.335 e. The lowest BCUT2D eigenvalue weighted by molar-refractivity contribution is 0.0696. The number of carboxylic acid groups (broad SMARTS) is 1. The molecule has 0 bridgehead atoms. The highest BCUT2D eigenvalue weighted by Gasteiger charge is 2.35. The van der Waals surface area contributed by atoms with Gasteiger partial charge in [0.05, 0.1) is 10.5 Å². The molecule has 7 heteroatoms. The topological polar surface area (TPSA) is 74.7 Å². The summed E-state index contributed by atoms with van der Waals surface area (Å²) >= 11 is 0. The Morgan fingerprint density at radius 1 is 1.27 bits per heavy atom. The number of benzene rings is 1. The molecule has 0 unspecified atom stereocenters. The zero-order valence-corrected chi connectivity index (χ0v) is 12.9. The summed E-state index contributed by atoms with van der Waals surface area (Å²) in [7, 11) is -3.84. The van der Waals surface area contributed by atoms with Gasteiger partial charge in [0.15, 0.2) is 0 Å². The van der Waals surface area contributed by atoms with Gasteiger partial charge >= 0.3 is 5.97 Å². The minimum Gasteiger partial charge on any atom is -0.478 e. The van der Waals surface area contributed by atoms with Crippen molar-refractivity contribution in [1.29, 1.82) is 0 Å². The van der Waals surface area contributed by atoms with Crippen LogP contribution in [0.15, 0.2) is 17.0 Å². The Bertz CT molecular complexity index is 716. The van der Waals surface area contributed by atoms with Crippen molar-refractivity contribution in [2.45, 2.75) is 43.2 Å². The van der Waals surface area contributed by atoms with Crippen LogP contribution in [-0.2, 0) is 22.9 Å². The first-order valence-electron chi connectivity index (χ1n) is 7.43. The fourth-order valence-electron chi connectivity index (χ4n) is 3.23. The van der Waals surface area contributed by atoms with Gasteiger partial charge in [0, 0.05) is 13.1 Å². The van der Waals surface area contributed by atoms with Gasteiger partial charge in [-0.2, -0.15) is 4.31 Å². The third kappa shape index (κ3) is 2.63. The predicted octanol–water partition coefficient (Wildman–Crippen LogP) is 2.00. The summed E-state index contributed by atoms with van der Waals surface area (Å²) in [6.07, 6.45) is 2.16. The lowest BCUT2D eigenvalue weighted by Gasteiger charge is -2.23. The molecule has 1 heterocycles. The van der Waals surface area contributed by atoms with E-state index in [2.05, 4.69) is 0 Å². The van der Waals surface area contributed by atoms with E-state index in [0.29, 0.717) is 18.4 Å². The average molecular weight is 327 g/mol. The summed E-state index contributed by atoms with van der Waals surface area (Å²) in [5, 5.41) is 9.22.